The van der Waals surface area contributed by atoms with E-state index in [2.05, 4.69) is 20.5 Å². The number of methoxy groups -OCH3 is 1. The molecular weight excluding hydrogens is 474 g/mol. The number of likely N-dealkylation sites (N-methyl/N-ethyl adjacent to an activating group) is 1. The van der Waals surface area contributed by atoms with Gasteiger partial charge in [0.05, 0.1) is 13.7 Å². The summed E-state index contributed by atoms with van der Waals surface area (Å²) in [6.07, 6.45) is 0. The Bertz CT molecular complexity index is 1170. The molecule has 3 rings (SSSR count). The van der Waals surface area contributed by atoms with Crippen molar-refractivity contribution in [1.82, 2.24) is 24.8 Å². The number of rotatable bonds is 10. The van der Waals surface area contributed by atoms with Gasteiger partial charge in [-0.05, 0) is 18.2 Å². The summed E-state index contributed by atoms with van der Waals surface area (Å²) in [7, 11) is -1.28. The molecule has 0 saturated heterocycles. The third-order valence-corrected chi connectivity index (χ3v) is 7.26. The minimum atomic E-state index is -3.96. The Balaban J connectivity index is 1.49. The molecular formula is C20H22ClN5O4S2. The molecule has 32 heavy (non-hydrogen) atoms. The quantitative estimate of drug-likeness (QED) is 0.328. The first kappa shape index (κ1) is 24.1. The van der Waals surface area contributed by atoms with Crippen LogP contribution in [0.2, 0.25) is 5.02 Å². The number of nitrogens with one attached hydrogen (secondary N) is 2. The van der Waals surface area contributed by atoms with Gasteiger partial charge in [-0.25, -0.2) is 13.4 Å². The molecule has 170 valence electrons. The first-order valence-corrected chi connectivity index (χ1v) is 12.3. The number of thioether (sulfide) groups is 1. The van der Waals surface area contributed by atoms with Gasteiger partial charge in [-0.2, -0.15) is 4.31 Å². The van der Waals surface area contributed by atoms with Crippen molar-refractivity contribution < 1.29 is 17.9 Å². The third kappa shape index (κ3) is 6.00. The van der Waals surface area contributed by atoms with E-state index in [1.807, 2.05) is 30.3 Å². The average Bonchev–Trinajstić information content (AvgIpc) is 3.26. The van der Waals surface area contributed by atoms with Crippen molar-refractivity contribution in [2.24, 2.45) is 0 Å². The van der Waals surface area contributed by atoms with Crippen molar-refractivity contribution >= 4 is 39.3 Å². The molecule has 1 amide bonds. The number of H-pyrrole nitrogens is 1. The Hall–Kier alpha value is -2.60. The van der Waals surface area contributed by atoms with Crippen molar-refractivity contribution in [2.75, 3.05) is 33.0 Å². The number of aromatic amines is 1. The van der Waals surface area contributed by atoms with Gasteiger partial charge in [-0.15, -0.1) is 5.10 Å². The van der Waals surface area contributed by atoms with E-state index in [0.717, 1.165) is 9.87 Å². The second kappa shape index (κ2) is 10.8. The number of ether oxygens (including phenoxy) is 1. The fourth-order valence-corrected chi connectivity index (χ4v) is 4.93. The largest absolute Gasteiger partial charge is 0.495 e. The first-order valence-electron chi connectivity index (χ1n) is 9.48. The number of halogens is 1. The van der Waals surface area contributed by atoms with E-state index in [1.54, 1.807) is 0 Å². The average molecular weight is 496 g/mol. The predicted octanol–water partition coefficient (Wildman–Crippen LogP) is 2.66. The summed E-state index contributed by atoms with van der Waals surface area (Å²) in [5.41, 5.74) is 0.931. The molecule has 2 N–H and O–H groups in total. The van der Waals surface area contributed by atoms with Gasteiger partial charge in [0.1, 0.15) is 10.6 Å². The van der Waals surface area contributed by atoms with Gasteiger partial charge in [0, 0.05) is 29.9 Å². The van der Waals surface area contributed by atoms with Crippen LogP contribution in [0.5, 0.6) is 5.75 Å². The number of amides is 1. The maximum Gasteiger partial charge on any atom is 0.247 e. The Labute approximate surface area is 195 Å². The van der Waals surface area contributed by atoms with E-state index < -0.39 is 15.9 Å². The highest BCUT2D eigenvalue weighted by Gasteiger charge is 2.26. The predicted molar refractivity (Wildman–Crippen MR) is 123 cm³/mol. The van der Waals surface area contributed by atoms with Crippen molar-refractivity contribution in [3.8, 4) is 17.1 Å². The number of hydrogen-bond acceptors (Lipinski definition) is 7. The molecule has 0 aliphatic carbocycles. The summed E-state index contributed by atoms with van der Waals surface area (Å²) in [6, 6.07) is 13.9. The van der Waals surface area contributed by atoms with Crippen molar-refractivity contribution in [3.05, 3.63) is 53.6 Å². The number of sulfonamides is 1. The topological polar surface area (TPSA) is 117 Å². The summed E-state index contributed by atoms with van der Waals surface area (Å²) in [4.78, 5) is 16.5. The number of carbonyl (C=O) groups excluding carboxylic acids is 1. The monoisotopic (exact) mass is 495 g/mol. The van der Waals surface area contributed by atoms with Crippen molar-refractivity contribution in [2.45, 2.75) is 10.1 Å². The molecule has 0 unspecified atom stereocenters. The zero-order chi connectivity index (χ0) is 23.1. The summed E-state index contributed by atoms with van der Waals surface area (Å²) in [5, 5.41) is 10.5. The van der Waals surface area contributed by atoms with Crippen LogP contribution in [0.1, 0.15) is 0 Å². The second-order valence-corrected chi connectivity index (χ2v) is 10.1. The third-order valence-electron chi connectivity index (χ3n) is 4.35. The van der Waals surface area contributed by atoms with Crippen LogP contribution in [0.4, 0.5) is 0 Å². The Kier molecular flexibility index (Phi) is 8.13. The van der Waals surface area contributed by atoms with Gasteiger partial charge in [0.15, 0.2) is 5.82 Å². The molecule has 0 fully saturated rings. The zero-order valence-electron chi connectivity index (χ0n) is 17.4. The molecule has 2 aromatic carbocycles. The molecule has 0 aliphatic heterocycles. The lowest BCUT2D eigenvalue weighted by molar-refractivity contribution is -0.121. The lowest BCUT2D eigenvalue weighted by atomic mass is 10.2. The first-order chi connectivity index (χ1) is 15.3. The molecule has 0 bridgehead atoms. The Morgan fingerprint density at radius 3 is 2.72 bits per heavy atom. The van der Waals surface area contributed by atoms with Crippen LogP contribution in [0.15, 0.2) is 58.6 Å². The van der Waals surface area contributed by atoms with E-state index in [9.17, 15) is 13.2 Å². The van der Waals surface area contributed by atoms with Gasteiger partial charge in [-0.1, -0.05) is 53.7 Å². The summed E-state index contributed by atoms with van der Waals surface area (Å²) < 4.78 is 31.7. The zero-order valence-corrected chi connectivity index (χ0v) is 19.8. The van der Waals surface area contributed by atoms with Crippen LogP contribution in [-0.2, 0) is 14.8 Å². The molecule has 0 aliphatic rings. The fourth-order valence-electron chi connectivity index (χ4n) is 2.73. The Morgan fingerprint density at radius 2 is 2.00 bits per heavy atom. The van der Waals surface area contributed by atoms with Crippen LogP contribution in [0.25, 0.3) is 11.4 Å². The van der Waals surface area contributed by atoms with Gasteiger partial charge < -0.3 is 10.1 Å². The van der Waals surface area contributed by atoms with Crippen molar-refractivity contribution in [3.63, 3.8) is 0 Å². The fraction of sp³-hybridized carbons (Fsp3) is 0.250. The summed E-state index contributed by atoms with van der Waals surface area (Å²) >= 11 is 7.30. The lowest BCUT2D eigenvalue weighted by Gasteiger charge is -2.18. The number of nitrogens with zero attached hydrogens (tertiary/aromatic N) is 3. The minimum absolute atomic E-state index is 0.0998. The highest BCUT2D eigenvalue weighted by molar-refractivity contribution is 7.99. The molecule has 1 heterocycles. The van der Waals surface area contributed by atoms with Gasteiger partial charge >= 0.3 is 0 Å². The summed E-state index contributed by atoms with van der Waals surface area (Å²) in [6.45, 7) is -0.0193. The highest BCUT2D eigenvalue weighted by Crippen LogP contribution is 2.29. The van der Waals surface area contributed by atoms with E-state index in [-0.39, 0.29) is 22.2 Å². The Morgan fingerprint density at radius 1 is 1.25 bits per heavy atom. The van der Waals surface area contributed by atoms with Crippen LogP contribution in [0.3, 0.4) is 0 Å². The number of carbonyl (C=O) groups is 1. The highest BCUT2D eigenvalue weighted by atomic mass is 35.5. The van der Waals surface area contributed by atoms with Crippen molar-refractivity contribution in [1.29, 1.82) is 0 Å². The number of hydrogen-bond donors (Lipinski definition) is 2. The van der Waals surface area contributed by atoms with E-state index >= 15 is 0 Å². The maximum atomic E-state index is 12.8. The van der Waals surface area contributed by atoms with E-state index in [0.29, 0.717) is 23.3 Å². The second-order valence-electron chi connectivity index (χ2n) is 6.59. The molecule has 3 aromatic rings. The van der Waals surface area contributed by atoms with Crippen LogP contribution in [-0.4, -0.2) is 66.8 Å². The summed E-state index contributed by atoms with van der Waals surface area (Å²) in [5.74, 6) is 0.911. The molecule has 0 spiro atoms. The normalized spacial score (nSPS) is 11.5. The molecule has 1 aromatic heterocycles. The molecule has 0 atom stereocenters. The SMILES string of the molecule is COc1ccc(Cl)cc1S(=O)(=O)N(C)CC(=O)NCCSc1n[nH]c(-c2ccccc2)n1. The molecule has 12 heteroatoms. The van der Waals surface area contributed by atoms with Gasteiger partial charge in [-0.3, -0.25) is 9.89 Å². The maximum absolute atomic E-state index is 12.8. The number of aromatic nitrogens is 3. The number of benzene rings is 2. The van der Waals surface area contributed by atoms with Crippen LogP contribution >= 0.6 is 23.4 Å². The smallest absolute Gasteiger partial charge is 0.247 e. The standard InChI is InChI=1S/C20H22ClN5O4S2/c1-26(32(28,29)17-12-15(21)8-9-16(17)30-2)13-18(27)22-10-11-31-20-23-19(24-25-20)14-6-4-3-5-7-14/h3-9,12H,10-11,13H2,1-2H3,(H,22,27)(H,23,24,25). The lowest BCUT2D eigenvalue weighted by Crippen LogP contribution is -2.39. The minimum Gasteiger partial charge on any atom is -0.495 e. The van der Waals surface area contributed by atoms with Gasteiger partial charge in [0.25, 0.3) is 0 Å². The molecule has 0 saturated carbocycles. The molecule has 9 nitrogen and oxygen atoms in total. The van der Waals surface area contributed by atoms with Gasteiger partial charge in [0.2, 0.25) is 21.1 Å². The van der Waals surface area contributed by atoms with Crippen LogP contribution in [0, 0.1) is 0 Å². The molecule has 0 radical (unpaired) electrons. The van der Waals surface area contributed by atoms with E-state index in [4.69, 9.17) is 16.3 Å². The van der Waals surface area contributed by atoms with Crippen LogP contribution < -0.4 is 10.1 Å². The van der Waals surface area contributed by atoms with E-state index in [1.165, 1.54) is 44.1 Å².